The van der Waals surface area contributed by atoms with Gasteiger partial charge in [0, 0.05) is 33.3 Å². The summed E-state index contributed by atoms with van der Waals surface area (Å²) in [6.45, 7) is 3.23. The van der Waals surface area contributed by atoms with Crippen LogP contribution in [0.5, 0.6) is 5.75 Å². The van der Waals surface area contributed by atoms with Gasteiger partial charge in [-0.3, -0.25) is 18.7 Å². The van der Waals surface area contributed by atoms with Gasteiger partial charge in [0.25, 0.3) is 5.56 Å². The van der Waals surface area contributed by atoms with Gasteiger partial charge in [0.1, 0.15) is 16.2 Å². The second-order valence-electron chi connectivity index (χ2n) is 6.85. The van der Waals surface area contributed by atoms with E-state index in [4.69, 9.17) is 9.47 Å². The molecule has 2 heterocycles. The maximum absolute atomic E-state index is 12.9. The number of aryl methyl sites for hydroxylation is 1. The maximum atomic E-state index is 12.9. The molecule has 0 radical (unpaired) electrons. The molecule has 0 bridgehead atoms. The number of thioether (sulfide) groups is 1. The Hall–Kier alpha value is -3.18. The van der Waals surface area contributed by atoms with Crippen molar-refractivity contribution in [1.29, 1.82) is 0 Å². The summed E-state index contributed by atoms with van der Waals surface area (Å²) >= 11 is 1.12. The molecule has 32 heavy (non-hydrogen) atoms. The topological polar surface area (TPSA) is 117 Å². The Bertz CT molecular complexity index is 1240. The number of carbonyl (C=O) groups excluding carboxylic acids is 1. The van der Waals surface area contributed by atoms with Crippen LogP contribution in [0.1, 0.15) is 6.92 Å². The van der Waals surface area contributed by atoms with Gasteiger partial charge in [0.2, 0.25) is 5.91 Å². The SMILES string of the molecule is CCOc1ccc(-c2nc(SCC(=O)NCCOC)c3c(=O)n(C)c(=O)n(C)c3n2)cc1. The molecule has 3 rings (SSSR count). The minimum absolute atomic E-state index is 0.0462. The lowest BCUT2D eigenvalue weighted by Crippen LogP contribution is -2.37. The first-order valence-corrected chi connectivity index (χ1v) is 10.9. The van der Waals surface area contributed by atoms with E-state index in [0.29, 0.717) is 41.9 Å². The molecule has 0 unspecified atom stereocenters. The minimum Gasteiger partial charge on any atom is -0.494 e. The third-order valence-electron chi connectivity index (χ3n) is 4.66. The standard InChI is InChI=1S/C21H25N5O5S/c1-5-31-14-8-6-13(7-9-14)17-23-18-16(20(28)26(3)21(29)25(18)2)19(24-17)32-12-15(27)22-10-11-30-4/h6-9H,5,10-12H2,1-4H3,(H,22,27). The summed E-state index contributed by atoms with van der Waals surface area (Å²) in [5, 5.41) is 3.26. The zero-order valence-corrected chi connectivity index (χ0v) is 19.2. The number of benzene rings is 1. The lowest BCUT2D eigenvalue weighted by Gasteiger charge is -2.12. The Labute approximate surface area is 188 Å². The van der Waals surface area contributed by atoms with Crippen LogP contribution in [-0.4, -0.2) is 57.6 Å². The van der Waals surface area contributed by atoms with Gasteiger partial charge in [-0.05, 0) is 31.2 Å². The summed E-state index contributed by atoms with van der Waals surface area (Å²) in [4.78, 5) is 46.6. The molecule has 1 amide bonds. The zero-order valence-electron chi connectivity index (χ0n) is 18.4. The Morgan fingerprint density at radius 1 is 1.12 bits per heavy atom. The molecular formula is C21H25N5O5S. The molecule has 0 aliphatic carbocycles. The highest BCUT2D eigenvalue weighted by molar-refractivity contribution is 8.00. The number of methoxy groups -OCH3 is 1. The Kier molecular flexibility index (Phi) is 7.65. The van der Waals surface area contributed by atoms with E-state index in [1.54, 1.807) is 38.4 Å². The van der Waals surface area contributed by atoms with Gasteiger partial charge in [-0.25, -0.2) is 14.8 Å². The van der Waals surface area contributed by atoms with E-state index in [9.17, 15) is 14.4 Å². The van der Waals surface area contributed by atoms with Gasteiger partial charge in [0.05, 0.1) is 19.0 Å². The molecule has 1 N–H and O–H groups in total. The van der Waals surface area contributed by atoms with E-state index in [0.717, 1.165) is 16.3 Å². The summed E-state index contributed by atoms with van der Waals surface area (Å²) in [6, 6.07) is 7.20. The van der Waals surface area contributed by atoms with Crippen molar-refractivity contribution in [3.63, 3.8) is 0 Å². The van der Waals surface area contributed by atoms with Crippen LogP contribution >= 0.6 is 11.8 Å². The first-order chi connectivity index (χ1) is 15.4. The molecule has 3 aromatic rings. The molecule has 0 atom stereocenters. The second-order valence-corrected chi connectivity index (χ2v) is 7.81. The fraction of sp³-hybridized carbons (Fsp3) is 0.381. The predicted octanol–water partition coefficient (Wildman–Crippen LogP) is 0.948. The minimum atomic E-state index is -0.511. The van der Waals surface area contributed by atoms with Gasteiger partial charge >= 0.3 is 5.69 Å². The first-order valence-electron chi connectivity index (χ1n) is 9.96. The lowest BCUT2D eigenvalue weighted by molar-refractivity contribution is -0.118. The van der Waals surface area contributed by atoms with E-state index in [2.05, 4.69) is 15.3 Å². The third kappa shape index (κ3) is 5.00. The number of amides is 1. The van der Waals surface area contributed by atoms with Crippen LogP contribution in [0.25, 0.3) is 22.4 Å². The van der Waals surface area contributed by atoms with Crippen molar-refractivity contribution < 1.29 is 14.3 Å². The van der Waals surface area contributed by atoms with Gasteiger partial charge in [-0.2, -0.15) is 0 Å². The zero-order chi connectivity index (χ0) is 23.3. The Balaban J connectivity index is 2.07. The second kappa shape index (κ2) is 10.4. The molecule has 2 aromatic heterocycles. The Morgan fingerprint density at radius 3 is 2.50 bits per heavy atom. The van der Waals surface area contributed by atoms with Crippen molar-refractivity contribution >= 4 is 28.7 Å². The van der Waals surface area contributed by atoms with Crippen molar-refractivity contribution in [3.8, 4) is 17.1 Å². The number of aromatic nitrogens is 4. The van der Waals surface area contributed by atoms with E-state index in [-0.39, 0.29) is 22.7 Å². The number of nitrogens with one attached hydrogen (secondary N) is 1. The van der Waals surface area contributed by atoms with Gasteiger partial charge in [-0.15, -0.1) is 0 Å². The highest BCUT2D eigenvalue weighted by Gasteiger charge is 2.19. The molecule has 170 valence electrons. The van der Waals surface area contributed by atoms with Crippen molar-refractivity contribution in [1.82, 2.24) is 24.4 Å². The van der Waals surface area contributed by atoms with Gasteiger partial charge in [0.15, 0.2) is 11.5 Å². The Morgan fingerprint density at radius 2 is 1.84 bits per heavy atom. The van der Waals surface area contributed by atoms with E-state index < -0.39 is 11.2 Å². The van der Waals surface area contributed by atoms with Crippen LogP contribution in [0, 0.1) is 0 Å². The van der Waals surface area contributed by atoms with Crippen LogP contribution < -0.4 is 21.3 Å². The number of hydrogen-bond donors (Lipinski definition) is 1. The van der Waals surface area contributed by atoms with Crippen molar-refractivity contribution in [2.45, 2.75) is 11.9 Å². The normalized spacial score (nSPS) is 11.0. The fourth-order valence-corrected chi connectivity index (χ4v) is 3.85. The summed E-state index contributed by atoms with van der Waals surface area (Å²) < 4.78 is 12.7. The predicted molar refractivity (Wildman–Crippen MR) is 122 cm³/mol. The molecule has 1 aromatic carbocycles. The molecule has 0 aliphatic rings. The average molecular weight is 460 g/mol. The van der Waals surface area contributed by atoms with Crippen LogP contribution in [0.3, 0.4) is 0 Å². The van der Waals surface area contributed by atoms with Crippen molar-refractivity contribution in [3.05, 3.63) is 45.1 Å². The number of ether oxygens (including phenoxy) is 2. The summed E-state index contributed by atoms with van der Waals surface area (Å²) in [6.07, 6.45) is 0. The third-order valence-corrected chi connectivity index (χ3v) is 5.63. The highest BCUT2D eigenvalue weighted by Crippen LogP contribution is 2.27. The number of nitrogens with zero attached hydrogens (tertiary/aromatic N) is 4. The highest BCUT2D eigenvalue weighted by atomic mass is 32.2. The fourth-order valence-electron chi connectivity index (χ4n) is 3.01. The van der Waals surface area contributed by atoms with Crippen LogP contribution in [-0.2, 0) is 23.6 Å². The lowest BCUT2D eigenvalue weighted by atomic mass is 10.2. The average Bonchev–Trinajstić information content (AvgIpc) is 2.80. The molecule has 0 aliphatic heterocycles. The molecular weight excluding hydrogens is 434 g/mol. The van der Waals surface area contributed by atoms with E-state index in [1.165, 1.54) is 11.6 Å². The van der Waals surface area contributed by atoms with Crippen LogP contribution in [0.4, 0.5) is 0 Å². The van der Waals surface area contributed by atoms with Crippen molar-refractivity contribution in [2.75, 3.05) is 32.6 Å². The quantitative estimate of drug-likeness (QED) is 0.286. The molecule has 0 saturated heterocycles. The van der Waals surface area contributed by atoms with Crippen molar-refractivity contribution in [2.24, 2.45) is 14.1 Å². The monoisotopic (exact) mass is 459 g/mol. The summed E-state index contributed by atoms with van der Waals surface area (Å²) in [7, 11) is 4.50. The smallest absolute Gasteiger partial charge is 0.332 e. The number of rotatable bonds is 9. The number of carbonyl (C=O) groups is 1. The first kappa shape index (κ1) is 23.5. The van der Waals surface area contributed by atoms with Gasteiger partial charge < -0.3 is 14.8 Å². The maximum Gasteiger partial charge on any atom is 0.332 e. The van der Waals surface area contributed by atoms with E-state index >= 15 is 0 Å². The molecule has 10 nitrogen and oxygen atoms in total. The van der Waals surface area contributed by atoms with Crippen LogP contribution in [0.2, 0.25) is 0 Å². The number of hydrogen-bond acceptors (Lipinski definition) is 8. The summed E-state index contributed by atoms with van der Waals surface area (Å²) in [5.41, 5.74) is -0.107. The molecule has 11 heteroatoms. The molecule has 0 fully saturated rings. The molecule has 0 spiro atoms. The number of fused-ring (bicyclic) bond motifs is 1. The van der Waals surface area contributed by atoms with E-state index in [1.807, 2.05) is 6.92 Å². The molecule has 0 saturated carbocycles. The van der Waals surface area contributed by atoms with Crippen LogP contribution in [0.15, 0.2) is 38.9 Å². The largest absolute Gasteiger partial charge is 0.494 e. The summed E-state index contributed by atoms with van der Waals surface area (Å²) in [5.74, 6) is 0.875. The van der Waals surface area contributed by atoms with Gasteiger partial charge in [-0.1, -0.05) is 11.8 Å².